The fraction of sp³-hybridized carbons (Fsp3) is 0.316. The van der Waals surface area contributed by atoms with Gasteiger partial charge in [0.25, 0.3) is 5.91 Å². The monoisotopic (exact) mass is 410 g/mol. The van der Waals surface area contributed by atoms with Crippen molar-refractivity contribution in [1.29, 1.82) is 0 Å². The van der Waals surface area contributed by atoms with Crippen LogP contribution in [0.1, 0.15) is 18.1 Å². The van der Waals surface area contributed by atoms with E-state index in [1.54, 1.807) is 31.2 Å². The summed E-state index contributed by atoms with van der Waals surface area (Å²) in [7, 11) is -3.60. The zero-order chi connectivity index (χ0) is 20.0. The van der Waals surface area contributed by atoms with Crippen LogP contribution >= 0.6 is 11.6 Å². The molecule has 1 atom stereocenters. The Labute approximate surface area is 164 Å². The first-order valence-corrected chi connectivity index (χ1v) is 10.3. The van der Waals surface area contributed by atoms with Crippen LogP contribution in [0.4, 0.5) is 0 Å². The number of sulfonamides is 1. The van der Waals surface area contributed by atoms with Crippen molar-refractivity contribution in [2.24, 2.45) is 0 Å². The Morgan fingerprint density at radius 2 is 1.70 bits per heavy atom. The molecule has 0 radical (unpaired) electrons. The number of amides is 1. The van der Waals surface area contributed by atoms with Crippen LogP contribution in [0.3, 0.4) is 0 Å². The standard InChI is InChI=1S/C19H23ClN2O4S/c1-13-4-7-16(8-5-13)27(24,25)22-11-10-21-19(23)15(3)26-18-12-14(2)6-9-17(18)20/h4-9,12,15,22H,10-11H2,1-3H3,(H,21,23). The molecule has 0 aliphatic carbocycles. The van der Waals surface area contributed by atoms with E-state index < -0.39 is 16.1 Å². The fourth-order valence-corrected chi connectivity index (χ4v) is 3.45. The minimum Gasteiger partial charge on any atom is -0.479 e. The zero-order valence-electron chi connectivity index (χ0n) is 15.5. The van der Waals surface area contributed by atoms with Gasteiger partial charge in [0.15, 0.2) is 6.10 Å². The average Bonchev–Trinajstić information content (AvgIpc) is 2.62. The summed E-state index contributed by atoms with van der Waals surface area (Å²) in [5.41, 5.74) is 1.94. The summed E-state index contributed by atoms with van der Waals surface area (Å²) >= 11 is 6.06. The minimum atomic E-state index is -3.60. The smallest absolute Gasteiger partial charge is 0.260 e. The summed E-state index contributed by atoms with van der Waals surface area (Å²) in [6.45, 7) is 5.59. The molecule has 0 heterocycles. The average molecular weight is 411 g/mol. The molecule has 146 valence electrons. The van der Waals surface area contributed by atoms with Gasteiger partial charge in [-0.15, -0.1) is 0 Å². The summed E-state index contributed by atoms with van der Waals surface area (Å²) < 4.78 is 32.4. The zero-order valence-corrected chi connectivity index (χ0v) is 17.0. The summed E-state index contributed by atoms with van der Waals surface area (Å²) in [4.78, 5) is 12.3. The largest absolute Gasteiger partial charge is 0.479 e. The second-order valence-corrected chi connectivity index (χ2v) is 8.37. The van der Waals surface area contributed by atoms with Crippen molar-refractivity contribution in [1.82, 2.24) is 10.0 Å². The number of carbonyl (C=O) groups is 1. The second kappa shape index (κ2) is 9.21. The number of carbonyl (C=O) groups excluding carboxylic acids is 1. The highest BCUT2D eigenvalue weighted by molar-refractivity contribution is 7.89. The number of hydrogen-bond donors (Lipinski definition) is 2. The van der Waals surface area contributed by atoms with Crippen molar-refractivity contribution in [3.63, 3.8) is 0 Å². The first-order valence-electron chi connectivity index (χ1n) is 8.46. The maximum atomic E-state index is 12.2. The maximum absolute atomic E-state index is 12.2. The van der Waals surface area contributed by atoms with Gasteiger partial charge in [-0.1, -0.05) is 35.4 Å². The lowest BCUT2D eigenvalue weighted by atomic mass is 10.2. The molecule has 0 aliphatic heterocycles. The van der Waals surface area contributed by atoms with Gasteiger partial charge in [-0.25, -0.2) is 13.1 Å². The Kier molecular flexibility index (Phi) is 7.24. The molecule has 0 spiro atoms. The molecule has 8 heteroatoms. The molecule has 0 aromatic heterocycles. The topological polar surface area (TPSA) is 84.5 Å². The lowest BCUT2D eigenvalue weighted by molar-refractivity contribution is -0.127. The summed E-state index contributed by atoms with van der Waals surface area (Å²) in [5, 5.41) is 3.06. The van der Waals surface area contributed by atoms with Crippen molar-refractivity contribution in [3.8, 4) is 5.75 Å². The van der Waals surface area contributed by atoms with Crippen LogP contribution in [0.15, 0.2) is 47.4 Å². The van der Waals surface area contributed by atoms with E-state index in [4.69, 9.17) is 16.3 Å². The Bertz CT molecular complexity index is 898. The third-order valence-electron chi connectivity index (χ3n) is 3.81. The molecule has 1 unspecified atom stereocenters. The van der Waals surface area contributed by atoms with Gasteiger partial charge in [0.1, 0.15) is 5.75 Å². The Morgan fingerprint density at radius 1 is 1.07 bits per heavy atom. The number of aryl methyl sites for hydroxylation is 2. The SMILES string of the molecule is Cc1ccc(S(=O)(=O)NCCNC(=O)C(C)Oc2cc(C)ccc2Cl)cc1. The van der Waals surface area contributed by atoms with E-state index in [0.29, 0.717) is 10.8 Å². The lowest BCUT2D eigenvalue weighted by Crippen LogP contribution is -2.40. The van der Waals surface area contributed by atoms with Crippen LogP contribution in [0.2, 0.25) is 5.02 Å². The maximum Gasteiger partial charge on any atom is 0.260 e. The number of hydrogen-bond acceptors (Lipinski definition) is 4. The molecule has 0 bridgehead atoms. The van der Waals surface area contributed by atoms with E-state index in [1.807, 2.05) is 19.9 Å². The van der Waals surface area contributed by atoms with Gasteiger partial charge < -0.3 is 10.1 Å². The van der Waals surface area contributed by atoms with Crippen LogP contribution in [0, 0.1) is 13.8 Å². The van der Waals surface area contributed by atoms with Gasteiger partial charge in [0, 0.05) is 13.1 Å². The molecule has 0 saturated heterocycles. The minimum absolute atomic E-state index is 0.0693. The number of benzene rings is 2. The third-order valence-corrected chi connectivity index (χ3v) is 5.60. The highest BCUT2D eigenvalue weighted by Crippen LogP contribution is 2.26. The molecule has 0 fully saturated rings. The van der Waals surface area contributed by atoms with Gasteiger partial charge in [0.2, 0.25) is 10.0 Å². The molecule has 0 saturated carbocycles. The number of ether oxygens (including phenoxy) is 1. The van der Waals surface area contributed by atoms with Gasteiger partial charge in [0.05, 0.1) is 9.92 Å². The van der Waals surface area contributed by atoms with Crippen molar-refractivity contribution >= 4 is 27.5 Å². The lowest BCUT2D eigenvalue weighted by Gasteiger charge is -2.16. The highest BCUT2D eigenvalue weighted by Gasteiger charge is 2.17. The van der Waals surface area contributed by atoms with Crippen LogP contribution in [-0.2, 0) is 14.8 Å². The molecule has 2 aromatic rings. The molecular formula is C19H23ClN2O4S. The number of nitrogens with one attached hydrogen (secondary N) is 2. The quantitative estimate of drug-likeness (QED) is 0.655. The highest BCUT2D eigenvalue weighted by atomic mass is 35.5. The Morgan fingerprint density at radius 3 is 2.37 bits per heavy atom. The molecule has 1 amide bonds. The molecule has 2 rings (SSSR count). The van der Waals surface area contributed by atoms with Gasteiger partial charge in [-0.3, -0.25) is 4.79 Å². The predicted molar refractivity (Wildman–Crippen MR) is 106 cm³/mol. The molecule has 0 aliphatic rings. The predicted octanol–water partition coefficient (Wildman–Crippen LogP) is 2.82. The number of rotatable bonds is 8. The van der Waals surface area contributed by atoms with E-state index in [-0.39, 0.29) is 23.9 Å². The van der Waals surface area contributed by atoms with E-state index >= 15 is 0 Å². The third kappa shape index (κ3) is 6.23. The second-order valence-electron chi connectivity index (χ2n) is 6.20. The summed E-state index contributed by atoms with van der Waals surface area (Å²) in [5.74, 6) is 0.0708. The van der Waals surface area contributed by atoms with Crippen molar-refractivity contribution in [3.05, 3.63) is 58.6 Å². The van der Waals surface area contributed by atoms with Crippen molar-refractivity contribution < 1.29 is 17.9 Å². The van der Waals surface area contributed by atoms with Crippen LogP contribution in [0.5, 0.6) is 5.75 Å². The summed E-state index contributed by atoms with van der Waals surface area (Å²) in [6, 6.07) is 11.8. The summed E-state index contributed by atoms with van der Waals surface area (Å²) in [6.07, 6.45) is -0.766. The van der Waals surface area contributed by atoms with Crippen LogP contribution < -0.4 is 14.8 Å². The normalized spacial score (nSPS) is 12.4. The van der Waals surface area contributed by atoms with E-state index in [0.717, 1.165) is 11.1 Å². The molecule has 2 aromatic carbocycles. The first-order chi connectivity index (χ1) is 12.7. The van der Waals surface area contributed by atoms with Gasteiger partial charge in [-0.2, -0.15) is 0 Å². The van der Waals surface area contributed by atoms with E-state index in [1.165, 1.54) is 12.1 Å². The first kappa shape index (κ1) is 21.2. The Balaban J connectivity index is 1.81. The molecule has 6 nitrogen and oxygen atoms in total. The van der Waals surface area contributed by atoms with E-state index in [9.17, 15) is 13.2 Å². The molecular weight excluding hydrogens is 388 g/mol. The Hall–Kier alpha value is -2.09. The van der Waals surface area contributed by atoms with Crippen molar-refractivity contribution in [2.45, 2.75) is 31.8 Å². The van der Waals surface area contributed by atoms with Crippen LogP contribution in [0.25, 0.3) is 0 Å². The van der Waals surface area contributed by atoms with Crippen molar-refractivity contribution in [2.75, 3.05) is 13.1 Å². The molecule has 2 N–H and O–H groups in total. The fourth-order valence-electron chi connectivity index (χ4n) is 2.26. The van der Waals surface area contributed by atoms with Gasteiger partial charge >= 0.3 is 0 Å². The van der Waals surface area contributed by atoms with E-state index in [2.05, 4.69) is 10.0 Å². The number of halogens is 1. The van der Waals surface area contributed by atoms with Crippen LogP contribution in [-0.4, -0.2) is 33.5 Å². The molecule has 27 heavy (non-hydrogen) atoms. The van der Waals surface area contributed by atoms with Gasteiger partial charge in [-0.05, 0) is 50.6 Å².